The number of nitrogens with zero attached hydrogens (tertiary/aromatic N) is 1. The Morgan fingerprint density at radius 1 is 1.40 bits per heavy atom. The minimum atomic E-state index is 0.688. The third-order valence-electron chi connectivity index (χ3n) is 2.46. The number of rotatable bonds is 0. The topological polar surface area (TPSA) is 34.1 Å². The van der Waals surface area contributed by atoms with Crippen LogP contribution in [0.25, 0.3) is 10.9 Å². The highest BCUT2D eigenvalue weighted by Crippen LogP contribution is 2.34. The van der Waals surface area contributed by atoms with Gasteiger partial charge in [0.25, 0.3) is 0 Å². The highest BCUT2D eigenvalue weighted by molar-refractivity contribution is 6.31. The molecule has 0 radical (unpaired) electrons. The molecule has 3 rings (SSSR count). The van der Waals surface area contributed by atoms with Crippen molar-refractivity contribution in [2.45, 2.75) is 0 Å². The predicted molar refractivity (Wildman–Crippen MR) is 60.7 cm³/mol. The molecule has 15 heavy (non-hydrogen) atoms. The van der Waals surface area contributed by atoms with E-state index >= 15 is 0 Å². The first-order chi connectivity index (χ1) is 7.34. The lowest BCUT2D eigenvalue weighted by atomic mass is 10.1. The lowest BCUT2D eigenvalue weighted by Crippen LogP contribution is -2.18. The Labute approximate surface area is 92.0 Å². The Hall–Kier alpha value is -1.48. The van der Waals surface area contributed by atoms with E-state index in [1.165, 1.54) is 0 Å². The summed E-state index contributed by atoms with van der Waals surface area (Å²) in [6.45, 7) is 1.52. The molecule has 76 valence electrons. The third-order valence-corrected chi connectivity index (χ3v) is 2.69. The van der Waals surface area contributed by atoms with Crippen LogP contribution in [0.2, 0.25) is 5.02 Å². The fourth-order valence-corrected chi connectivity index (χ4v) is 1.94. The summed E-state index contributed by atoms with van der Waals surface area (Å²) < 4.78 is 5.50. The van der Waals surface area contributed by atoms with Crippen LogP contribution < -0.4 is 10.1 Å². The molecule has 2 aromatic rings. The second kappa shape index (κ2) is 3.28. The van der Waals surface area contributed by atoms with Crippen molar-refractivity contribution in [2.24, 2.45) is 0 Å². The number of halogens is 1. The maximum absolute atomic E-state index is 5.91. The van der Waals surface area contributed by atoms with Gasteiger partial charge in [-0.25, -0.2) is 0 Å². The molecular formula is C11H9ClN2O. The second-order valence-electron chi connectivity index (χ2n) is 3.43. The Morgan fingerprint density at radius 2 is 2.33 bits per heavy atom. The summed E-state index contributed by atoms with van der Waals surface area (Å²) in [4.78, 5) is 4.31. The van der Waals surface area contributed by atoms with E-state index in [1.54, 1.807) is 6.20 Å². The number of anilines is 1. The van der Waals surface area contributed by atoms with Crippen LogP contribution >= 0.6 is 11.6 Å². The molecule has 4 heteroatoms. The van der Waals surface area contributed by atoms with Crippen molar-refractivity contribution in [1.29, 1.82) is 0 Å². The Bertz CT molecular complexity index is 527. The zero-order valence-corrected chi connectivity index (χ0v) is 8.71. The number of fused-ring (bicyclic) bond motifs is 3. The normalized spacial score (nSPS) is 14.2. The smallest absolute Gasteiger partial charge is 0.161 e. The van der Waals surface area contributed by atoms with Gasteiger partial charge in [-0.1, -0.05) is 11.6 Å². The van der Waals surface area contributed by atoms with Gasteiger partial charge in [0.15, 0.2) is 5.75 Å². The van der Waals surface area contributed by atoms with E-state index in [1.807, 2.05) is 18.2 Å². The van der Waals surface area contributed by atoms with E-state index in [0.29, 0.717) is 11.6 Å². The summed E-state index contributed by atoms with van der Waals surface area (Å²) in [7, 11) is 0. The largest absolute Gasteiger partial charge is 0.488 e. The second-order valence-corrected chi connectivity index (χ2v) is 3.87. The van der Waals surface area contributed by atoms with Crippen LogP contribution in [0, 0.1) is 0 Å². The molecule has 3 nitrogen and oxygen atoms in total. The van der Waals surface area contributed by atoms with E-state index in [4.69, 9.17) is 16.3 Å². The quantitative estimate of drug-likeness (QED) is 0.741. The van der Waals surface area contributed by atoms with Gasteiger partial charge in [0.1, 0.15) is 6.61 Å². The molecule has 0 spiro atoms. The average molecular weight is 221 g/mol. The minimum absolute atomic E-state index is 0.688. The molecule has 0 atom stereocenters. The number of ether oxygens (including phenoxy) is 1. The van der Waals surface area contributed by atoms with E-state index < -0.39 is 0 Å². The average Bonchev–Trinajstić information content (AvgIpc) is 2.28. The first-order valence-electron chi connectivity index (χ1n) is 4.79. The summed E-state index contributed by atoms with van der Waals surface area (Å²) in [5.41, 5.74) is 1.90. The summed E-state index contributed by atoms with van der Waals surface area (Å²) in [6.07, 6.45) is 1.74. The van der Waals surface area contributed by atoms with Gasteiger partial charge in [-0.05, 0) is 18.2 Å². The van der Waals surface area contributed by atoms with Crippen LogP contribution in [-0.4, -0.2) is 18.1 Å². The molecule has 0 bridgehead atoms. The van der Waals surface area contributed by atoms with Crippen LogP contribution in [0.15, 0.2) is 24.4 Å². The highest BCUT2D eigenvalue weighted by atomic mass is 35.5. The van der Waals surface area contributed by atoms with Gasteiger partial charge in [-0.2, -0.15) is 0 Å². The fraction of sp³-hybridized carbons (Fsp3) is 0.182. The number of nitrogens with one attached hydrogen (secondary N) is 1. The number of pyridine rings is 1. The molecule has 1 N–H and O–H groups in total. The minimum Gasteiger partial charge on any atom is -0.488 e. The van der Waals surface area contributed by atoms with Crippen LogP contribution in [0.4, 0.5) is 5.69 Å². The SMILES string of the molecule is Clc1ccc2c3c(cnc2c1)OCCN3. The maximum Gasteiger partial charge on any atom is 0.161 e. The van der Waals surface area contributed by atoms with Gasteiger partial charge < -0.3 is 10.1 Å². The Balaban J connectivity index is 2.32. The molecular weight excluding hydrogens is 212 g/mol. The number of benzene rings is 1. The lowest BCUT2D eigenvalue weighted by Gasteiger charge is -2.20. The molecule has 0 fully saturated rings. The fourth-order valence-electron chi connectivity index (χ4n) is 1.78. The van der Waals surface area contributed by atoms with Gasteiger partial charge >= 0.3 is 0 Å². The van der Waals surface area contributed by atoms with Crippen LogP contribution in [0.3, 0.4) is 0 Å². The van der Waals surface area contributed by atoms with Crippen LogP contribution in [-0.2, 0) is 0 Å². The van der Waals surface area contributed by atoms with E-state index in [9.17, 15) is 0 Å². The third kappa shape index (κ3) is 1.39. The standard InChI is InChI=1S/C11H9ClN2O/c12-7-1-2-8-9(5-7)14-6-10-11(8)13-3-4-15-10/h1-2,5-6,13H,3-4H2. The molecule has 1 aromatic carbocycles. The molecule has 0 saturated heterocycles. The Kier molecular flexibility index (Phi) is 1.92. The van der Waals surface area contributed by atoms with Gasteiger partial charge in [0.2, 0.25) is 0 Å². The van der Waals surface area contributed by atoms with E-state index in [-0.39, 0.29) is 0 Å². The Morgan fingerprint density at radius 3 is 3.27 bits per heavy atom. The zero-order chi connectivity index (χ0) is 10.3. The number of hydrogen-bond donors (Lipinski definition) is 1. The zero-order valence-electron chi connectivity index (χ0n) is 7.96. The maximum atomic E-state index is 5.91. The number of aromatic nitrogens is 1. The molecule has 2 heterocycles. The molecule has 1 aliphatic rings. The van der Waals surface area contributed by atoms with Gasteiger partial charge in [0, 0.05) is 17.0 Å². The van der Waals surface area contributed by atoms with Gasteiger partial charge in [0.05, 0.1) is 17.4 Å². The highest BCUT2D eigenvalue weighted by Gasteiger charge is 2.13. The molecule has 0 aliphatic carbocycles. The van der Waals surface area contributed by atoms with Gasteiger partial charge in [-0.15, -0.1) is 0 Å². The van der Waals surface area contributed by atoms with Crippen molar-refractivity contribution in [3.63, 3.8) is 0 Å². The monoisotopic (exact) mass is 220 g/mol. The van der Waals surface area contributed by atoms with Crippen molar-refractivity contribution in [3.8, 4) is 5.75 Å². The molecule has 0 amide bonds. The summed E-state index contributed by atoms with van der Waals surface area (Å²) in [5.74, 6) is 0.816. The molecule has 1 aromatic heterocycles. The summed E-state index contributed by atoms with van der Waals surface area (Å²) >= 11 is 5.91. The summed E-state index contributed by atoms with van der Waals surface area (Å²) in [6, 6.07) is 5.68. The van der Waals surface area contributed by atoms with Crippen LogP contribution in [0.1, 0.15) is 0 Å². The van der Waals surface area contributed by atoms with Crippen molar-refractivity contribution >= 4 is 28.2 Å². The van der Waals surface area contributed by atoms with Gasteiger partial charge in [-0.3, -0.25) is 4.98 Å². The summed E-state index contributed by atoms with van der Waals surface area (Å²) in [5, 5.41) is 5.07. The number of hydrogen-bond acceptors (Lipinski definition) is 3. The van der Waals surface area contributed by atoms with Crippen LogP contribution in [0.5, 0.6) is 5.75 Å². The predicted octanol–water partition coefficient (Wildman–Crippen LogP) is 2.69. The lowest BCUT2D eigenvalue weighted by molar-refractivity contribution is 0.323. The first kappa shape index (κ1) is 8.80. The van der Waals surface area contributed by atoms with Crippen molar-refractivity contribution in [2.75, 3.05) is 18.5 Å². The first-order valence-corrected chi connectivity index (χ1v) is 5.17. The van der Waals surface area contributed by atoms with Crippen molar-refractivity contribution in [1.82, 2.24) is 4.98 Å². The van der Waals surface area contributed by atoms with Crippen molar-refractivity contribution < 1.29 is 4.74 Å². The molecule has 0 saturated carbocycles. The van der Waals surface area contributed by atoms with E-state index in [0.717, 1.165) is 28.9 Å². The molecule has 0 unspecified atom stereocenters. The molecule has 1 aliphatic heterocycles. The van der Waals surface area contributed by atoms with E-state index in [2.05, 4.69) is 10.3 Å². The van der Waals surface area contributed by atoms with Crippen molar-refractivity contribution in [3.05, 3.63) is 29.4 Å².